The maximum Gasteiger partial charge on any atom is 0.0596 e. The Hall–Kier alpha value is 0.170. The minimum absolute atomic E-state index is 0. The molecule has 16 heavy (non-hydrogen) atoms. The summed E-state index contributed by atoms with van der Waals surface area (Å²) in [4.78, 5) is 2.57. The highest BCUT2D eigenvalue weighted by molar-refractivity contribution is 5.85. The first-order valence-corrected chi connectivity index (χ1v) is 6.30. The Bertz CT molecular complexity index is 201. The predicted molar refractivity (Wildman–Crippen MR) is 69.2 cm³/mol. The van der Waals surface area contributed by atoms with Gasteiger partial charge in [0.2, 0.25) is 0 Å². The highest BCUT2D eigenvalue weighted by atomic mass is 35.5. The molecule has 0 aromatic heterocycles. The lowest BCUT2D eigenvalue weighted by Gasteiger charge is -2.34. The number of piperidine rings is 1. The second-order valence-corrected chi connectivity index (χ2v) is 5.19. The van der Waals surface area contributed by atoms with Crippen molar-refractivity contribution in [2.24, 2.45) is 11.8 Å². The number of hydrogen-bond acceptors (Lipinski definition) is 3. The molecule has 0 aliphatic carbocycles. The molecule has 2 unspecified atom stereocenters. The van der Waals surface area contributed by atoms with Gasteiger partial charge < -0.3 is 15.0 Å². The van der Waals surface area contributed by atoms with Crippen LogP contribution in [0.3, 0.4) is 0 Å². The molecule has 96 valence electrons. The molecule has 2 rings (SSSR count). The van der Waals surface area contributed by atoms with Gasteiger partial charge in [-0.2, -0.15) is 0 Å². The van der Waals surface area contributed by atoms with Crippen LogP contribution in [0, 0.1) is 11.8 Å². The van der Waals surface area contributed by atoms with E-state index in [2.05, 4.69) is 24.1 Å². The molecule has 0 saturated carbocycles. The summed E-state index contributed by atoms with van der Waals surface area (Å²) in [6, 6.07) is 0. The second-order valence-electron chi connectivity index (χ2n) is 5.19. The summed E-state index contributed by atoms with van der Waals surface area (Å²) < 4.78 is 5.60. The topological polar surface area (TPSA) is 24.5 Å². The molecule has 2 saturated heterocycles. The maximum atomic E-state index is 5.60. The molecular formula is C12H25ClN2O. The van der Waals surface area contributed by atoms with Crippen LogP contribution < -0.4 is 5.32 Å². The van der Waals surface area contributed by atoms with Gasteiger partial charge in [0, 0.05) is 13.1 Å². The average molecular weight is 249 g/mol. The highest BCUT2D eigenvalue weighted by Gasteiger charge is 2.32. The van der Waals surface area contributed by atoms with Crippen LogP contribution in [0.25, 0.3) is 0 Å². The molecule has 2 aliphatic heterocycles. The standard InChI is InChI=1S/C12H24N2O.ClH/c1-10(2)15-6-5-14-4-3-11-7-13-8-12(11)9-14;/h10-13H,3-9H2,1-2H3;1H. The zero-order valence-electron chi connectivity index (χ0n) is 10.4. The molecule has 0 amide bonds. The molecule has 0 spiro atoms. The molecule has 2 aliphatic rings. The van der Waals surface area contributed by atoms with Crippen molar-refractivity contribution in [2.45, 2.75) is 26.4 Å². The zero-order valence-corrected chi connectivity index (χ0v) is 11.3. The second kappa shape index (κ2) is 6.80. The summed E-state index contributed by atoms with van der Waals surface area (Å²) in [7, 11) is 0. The third-order valence-corrected chi connectivity index (χ3v) is 3.65. The van der Waals surface area contributed by atoms with Crippen molar-refractivity contribution in [3.8, 4) is 0 Å². The van der Waals surface area contributed by atoms with Crippen LogP contribution in [0.5, 0.6) is 0 Å². The molecule has 0 radical (unpaired) electrons. The normalized spacial score (nSPS) is 30.2. The Kier molecular flexibility index (Phi) is 6.05. The van der Waals surface area contributed by atoms with Crippen LogP contribution >= 0.6 is 12.4 Å². The third-order valence-electron chi connectivity index (χ3n) is 3.65. The summed E-state index contributed by atoms with van der Waals surface area (Å²) in [5.41, 5.74) is 0. The van der Waals surface area contributed by atoms with E-state index in [1.54, 1.807) is 0 Å². The molecule has 2 fully saturated rings. The number of nitrogens with one attached hydrogen (secondary N) is 1. The van der Waals surface area contributed by atoms with Crippen molar-refractivity contribution in [3.05, 3.63) is 0 Å². The molecule has 0 aromatic carbocycles. The predicted octanol–water partition coefficient (Wildman–Crippen LogP) is 1.37. The lowest BCUT2D eigenvalue weighted by atomic mass is 9.89. The number of ether oxygens (including phenoxy) is 1. The van der Waals surface area contributed by atoms with Crippen LogP contribution in [0.4, 0.5) is 0 Å². The van der Waals surface area contributed by atoms with E-state index >= 15 is 0 Å². The fraction of sp³-hybridized carbons (Fsp3) is 1.00. The van der Waals surface area contributed by atoms with Gasteiger partial charge in [-0.1, -0.05) is 0 Å². The van der Waals surface area contributed by atoms with Crippen LogP contribution in [0.1, 0.15) is 20.3 Å². The Morgan fingerprint density at radius 3 is 2.81 bits per heavy atom. The van der Waals surface area contributed by atoms with Gasteiger partial charge in [0.1, 0.15) is 0 Å². The summed E-state index contributed by atoms with van der Waals surface area (Å²) in [6.45, 7) is 11.2. The minimum Gasteiger partial charge on any atom is -0.377 e. The van der Waals surface area contributed by atoms with E-state index < -0.39 is 0 Å². The van der Waals surface area contributed by atoms with Gasteiger partial charge in [-0.3, -0.25) is 0 Å². The maximum absolute atomic E-state index is 5.60. The van der Waals surface area contributed by atoms with Crippen LogP contribution in [-0.4, -0.2) is 50.3 Å². The zero-order chi connectivity index (χ0) is 10.7. The van der Waals surface area contributed by atoms with E-state index in [1.165, 1.54) is 32.6 Å². The van der Waals surface area contributed by atoms with Gasteiger partial charge in [-0.05, 0) is 51.7 Å². The van der Waals surface area contributed by atoms with E-state index in [9.17, 15) is 0 Å². The van der Waals surface area contributed by atoms with Gasteiger partial charge in [0.25, 0.3) is 0 Å². The Labute approximate surface area is 105 Å². The molecule has 2 heterocycles. The summed E-state index contributed by atoms with van der Waals surface area (Å²) in [5, 5.41) is 3.50. The Morgan fingerprint density at radius 1 is 1.31 bits per heavy atom. The largest absolute Gasteiger partial charge is 0.377 e. The van der Waals surface area contributed by atoms with E-state index in [0.29, 0.717) is 6.10 Å². The number of halogens is 1. The monoisotopic (exact) mass is 248 g/mol. The lowest BCUT2D eigenvalue weighted by Crippen LogP contribution is -2.41. The Morgan fingerprint density at radius 2 is 2.06 bits per heavy atom. The van der Waals surface area contributed by atoms with Crippen molar-refractivity contribution in [2.75, 3.05) is 39.3 Å². The SMILES string of the molecule is CC(C)OCCN1CCC2CNCC2C1.Cl. The molecular weight excluding hydrogens is 224 g/mol. The van der Waals surface area contributed by atoms with Gasteiger partial charge in [0.15, 0.2) is 0 Å². The summed E-state index contributed by atoms with van der Waals surface area (Å²) in [6.07, 6.45) is 1.75. The van der Waals surface area contributed by atoms with Crippen LogP contribution in [0.15, 0.2) is 0 Å². The smallest absolute Gasteiger partial charge is 0.0596 e. The van der Waals surface area contributed by atoms with E-state index in [4.69, 9.17) is 4.74 Å². The molecule has 0 aromatic rings. The molecule has 3 nitrogen and oxygen atoms in total. The minimum atomic E-state index is 0. The van der Waals surface area contributed by atoms with Crippen molar-refractivity contribution >= 4 is 12.4 Å². The van der Waals surface area contributed by atoms with Crippen LogP contribution in [-0.2, 0) is 4.74 Å². The van der Waals surface area contributed by atoms with Crippen molar-refractivity contribution in [1.82, 2.24) is 10.2 Å². The summed E-state index contributed by atoms with van der Waals surface area (Å²) in [5.74, 6) is 1.85. The van der Waals surface area contributed by atoms with Crippen molar-refractivity contribution in [3.63, 3.8) is 0 Å². The van der Waals surface area contributed by atoms with E-state index in [-0.39, 0.29) is 12.4 Å². The first kappa shape index (κ1) is 14.2. The first-order chi connectivity index (χ1) is 7.25. The molecule has 1 N–H and O–H groups in total. The van der Waals surface area contributed by atoms with Crippen molar-refractivity contribution < 1.29 is 4.74 Å². The third kappa shape index (κ3) is 3.88. The highest BCUT2D eigenvalue weighted by Crippen LogP contribution is 2.26. The average Bonchev–Trinajstić information content (AvgIpc) is 2.64. The fourth-order valence-electron chi connectivity index (χ4n) is 2.73. The van der Waals surface area contributed by atoms with Crippen molar-refractivity contribution in [1.29, 1.82) is 0 Å². The lowest BCUT2D eigenvalue weighted by molar-refractivity contribution is 0.0449. The van der Waals surface area contributed by atoms with E-state index in [1.807, 2.05) is 0 Å². The molecule has 2 atom stereocenters. The van der Waals surface area contributed by atoms with Gasteiger partial charge >= 0.3 is 0 Å². The molecule has 4 heteroatoms. The fourth-order valence-corrected chi connectivity index (χ4v) is 2.73. The summed E-state index contributed by atoms with van der Waals surface area (Å²) >= 11 is 0. The van der Waals surface area contributed by atoms with Gasteiger partial charge in [0.05, 0.1) is 12.7 Å². The Balaban J connectivity index is 0.00000128. The number of rotatable bonds is 4. The number of hydrogen-bond donors (Lipinski definition) is 1. The molecule has 0 bridgehead atoms. The van der Waals surface area contributed by atoms with E-state index in [0.717, 1.165) is 25.0 Å². The van der Waals surface area contributed by atoms with Gasteiger partial charge in [-0.25, -0.2) is 0 Å². The number of fused-ring (bicyclic) bond motifs is 1. The first-order valence-electron chi connectivity index (χ1n) is 6.30. The van der Waals surface area contributed by atoms with Crippen LogP contribution in [0.2, 0.25) is 0 Å². The van der Waals surface area contributed by atoms with Gasteiger partial charge in [-0.15, -0.1) is 12.4 Å². The number of likely N-dealkylation sites (tertiary alicyclic amines) is 1. The quantitative estimate of drug-likeness (QED) is 0.814. The number of nitrogens with zero attached hydrogens (tertiary/aromatic N) is 1.